The third-order valence-electron chi connectivity index (χ3n) is 1.92. The average molecular weight is 307 g/mol. The van der Waals surface area contributed by atoms with Crippen molar-refractivity contribution in [2.75, 3.05) is 6.61 Å². The summed E-state index contributed by atoms with van der Waals surface area (Å²) in [5.74, 6) is -2.27. The Kier molecular flexibility index (Phi) is 4.34. The molecular formula is C11H9BrF2O3. The summed E-state index contributed by atoms with van der Waals surface area (Å²) in [7, 11) is 0. The molecule has 0 N–H and O–H groups in total. The van der Waals surface area contributed by atoms with Crippen LogP contribution in [0.15, 0.2) is 24.3 Å². The number of carbonyl (C=O) groups excluding carboxylic acids is 2. The van der Waals surface area contributed by atoms with Gasteiger partial charge in [-0.2, -0.15) is 8.78 Å². The van der Waals surface area contributed by atoms with Crippen LogP contribution in [0, 0.1) is 0 Å². The van der Waals surface area contributed by atoms with Crippen LogP contribution >= 0.6 is 15.9 Å². The van der Waals surface area contributed by atoms with E-state index in [0.717, 1.165) is 6.07 Å². The fraction of sp³-hybridized carbons (Fsp3) is 0.273. The first-order valence-corrected chi connectivity index (χ1v) is 5.55. The van der Waals surface area contributed by atoms with Gasteiger partial charge in [-0.1, -0.05) is 18.2 Å². The fourth-order valence-electron chi connectivity index (χ4n) is 1.22. The van der Waals surface area contributed by atoms with Gasteiger partial charge in [0.2, 0.25) is 5.78 Å². The molecule has 1 rings (SSSR count). The summed E-state index contributed by atoms with van der Waals surface area (Å²) in [5, 5.41) is 0. The van der Waals surface area contributed by atoms with Gasteiger partial charge in [-0.3, -0.25) is 4.79 Å². The van der Waals surface area contributed by atoms with Crippen LogP contribution in [0.3, 0.4) is 0 Å². The molecule has 0 saturated carbocycles. The lowest BCUT2D eigenvalue weighted by Gasteiger charge is -2.10. The number of alkyl halides is 3. The van der Waals surface area contributed by atoms with E-state index < -0.39 is 16.6 Å². The third kappa shape index (κ3) is 3.33. The van der Waals surface area contributed by atoms with Crippen LogP contribution < -0.4 is 0 Å². The van der Waals surface area contributed by atoms with Gasteiger partial charge in [0.25, 0.3) is 0 Å². The van der Waals surface area contributed by atoms with Crippen LogP contribution in [0.5, 0.6) is 0 Å². The van der Waals surface area contributed by atoms with Crippen molar-refractivity contribution in [3.05, 3.63) is 35.4 Å². The highest BCUT2D eigenvalue weighted by atomic mass is 79.9. The van der Waals surface area contributed by atoms with Gasteiger partial charge in [-0.25, -0.2) is 4.79 Å². The van der Waals surface area contributed by atoms with Crippen LogP contribution in [0.2, 0.25) is 0 Å². The molecule has 0 radical (unpaired) electrons. The molecule has 6 heteroatoms. The minimum absolute atomic E-state index is 0.103. The largest absolute Gasteiger partial charge is 0.462 e. The molecule has 3 nitrogen and oxygen atoms in total. The molecule has 1 aromatic rings. The van der Waals surface area contributed by atoms with Crippen LogP contribution in [-0.2, 0) is 4.74 Å². The fourth-order valence-corrected chi connectivity index (χ4v) is 1.43. The third-order valence-corrected chi connectivity index (χ3v) is 2.28. The number of benzene rings is 1. The van der Waals surface area contributed by atoms with Gasteiger partial charge >= 0.3 is 10.8 Å². The Balaban J connectivity index is 3.17. The van der Waals surface area contributed by atoms with Crippen LogP contribution in [0.4, 0.5) is 8.78 Å². The highest BCUT2D eigenvalue weighted by molar-refractivity contribution is 9.10. The van der Waals surface area contributed by atoms with Crippen molar-refractivity contribution >= 4 is 27.7 Å². The van der Waals surface area contributed by atoms with E-state index in [1.54, 1.807) is 6.92 Å². The molecule has 0 aliphatic rings. The van der Waals surface area contributed by atoms with Gasteiger partial charge in [-0.05, 0) is 28.9 Å². The lowest BCUT2D eigenvalue weighted by Crippen LogP contribution is -2.23. The summed E-state index contributed by atoms with van der Waals surface area (Å²) in [6.45, 7) is 1.69. The Morgan fingerprint density at radius 3 is 2.29 bits per heavy atom. The monoisotopic (exact) mass is 306 g/mol. The molecule has 0 saturated heterocycles. The Bertz CT molecular complexity index is 441. The molecule has 0 spiro atoms. The number of ketones is 1. The molecule has 1 aromatic carbocycles. The summed E-state index contributed by atoms with van der Waals surface area (Å²) in [4.78, 5) is 19.2. The molecule has 0 fully saturated rings. The van der Waals surface area contributed by atoms with Crippen molar-refractivity contribution in [1.29, 1.82) is 0 Å². The first kappa shape index (κ1) is 13.8. The second-order valence-electron chi connectivity index (χ2n) is 3.09. The molecule has 92 valence electrons. The van der Waals surface area contributed by atoms with E-state index in [1.165, 1.54) is 18.2 Å². The van der Waals surface area contributed by atoms with Crippen LogP contribution in [-0.4, -0.2) is 23.2 Å². The molecule has 0 amide bonds. The number of carbonyl (C=O) groups is 2. The molecule has 0 aromatic heterocycles. The number of hydrogen-bond donors (Lipinski definition) is 0. The number of Topliss-reactive ketones (excluding diaryl/α,β-unsaturated/α-hetero) is 1. The Morgan fingerprint density at radius 2 is 1.82 bits per heavy atom. The zero-order valence-corrected chi connectivity index (χ0v) is 10.5. The van der Waals surface area contributed by atoms with Crippen molar-refractivity contribution < 1.29 is 23.1 Å². The molecule has 0 aliphatic carbocycles. The molecule has 0 unspecified atom stereocenters. The van der Waals surface area contributed by atoms with E-state index >= 15 is 0 Å². The number of hydrogen-bond acceptors (Lipinski definition) is 3. The summed E-state index contributed by atoms with van der Waals surface area (Å²) in [6.07, 6.45) is 0. The first-order chi connectivity index (χ1) is 7.88. The van der Waals surface area contributed by atoms with Gasteiger partial charge in [0.15, 0.2) is 0 Å². The van der Waals surface area contributed by atoms with E-state index in [2.05, 4.69) is 4.74 Å². The Labute approximate surface area is 105 Å². The predicted octanol–water partition coefficient (Wildman–Crippen LogP) is 3.03. The maximum absolute atomic E-state index is 12.8. The minimum atomic E-state index is -3.70. The standard InChI is InChI=1S/C11H9BrF2O3/c1-2-17-10(16)8-6-4-3-5-7(8)9(15)11(12,13)14/h3-6H,2H2,1H3. The molecule has 0 atom stereocenters. The average Bonchev–Trinajstić information content (AvgIpc) is 2.27. The quantitative estimate of drug-likeness (QED) is 0.488. The SMILES string of the molecule is CCOC(=O)c1ccccc1C(=O)C(F)(F)Br. The number of ether oxygens (including phenoxy) is 1. The van der Waals surface area contributed by atoms with E-state index in [9.17, 15) is 18.4 Å². The minimum Gasteiger partial charge on any atom is -0.462 e. The van der Waals surface area contributed by atoms with Gasteiger partial charge in [-0.15, -0.1) is 0 Å². The van der Waals surface area contributed by atoms with Crippen molar-refractivity contribution in [2.24, 2.45) is 0 Å². The zero-order valence-electron chi connectivity index (χ0n) is 8.88. The maximum Gasteiger partial charge on any atom is 0.363 e. The summed E-state index contributed by atoms with van der Waals surface area (Å²) in [5.41, 5.74) is -0.536. The summed E-state index contributed by atoms with van der Waals surface area (Å²) >= 11 is 1.97. The van der Waals surface area contributed by atoms with Crippen molar-refractivity contribution in [3.8, 4) is 0 Å². The second kappa shape index (κ2) is 5.35. The molecule has 0 heterocycles. The maximum atomic E-state index is 12.8. The topological polar surface area (TPSA) is 43.4 Å². The molecule has 0 aliphatic heterocycles. The smallest absolute Gasteiger partial charge is 0.363 e. The number of halogens is 3. The highest BCUT2D eigenvalue weighted by Crippen LogP contribution is 2.28. The Hall–Kier alpha value is -1.30. The second-order valence-corrected chi connectivity index (χ2v) is 4.09. The van der Waals surface area contributed by atoms with E-state index in [1.807, 2.05) is 15.9 Å². The first-order valence-electron chi connectivity index (χ1n) is 4.75. The molecular weight excluding hydrogens is 298 g/mol. The van der Waals surface area contributed by atoms with E-state index in [0.29, 0.717) is 0 Å². The summed E-state index contributed by atoms with van der Waals surface area (Å²) < 4.78 is 30.4. The summed E-state index contributed by atoms with van der Waals surface area (Å²) in [6, 6.07) is 5.29. The lowest BCUT2D eigenvalue weighted by molar-refractivity contribution is 0.0509. The van der Waals surface area contributed by atoms with Crippen molar-refractivity contribution in [3.63, 3.8) is 0 Å². The van der Waals surface area contributed by atoms with Crippen molar-refractivity contribution in [1.82, 2.24) is 0 Å². The van der Waals surface area contributed by atoms with Crippen LogP contribution in [0.25, 0.3) is 0 Å². The Morgan fingerprint density at radius 1 is 1.29 bits per heavy atom. The molecule has 0 bridgehead atoms. The van der Waals surface area contributed by atoms with Crippen LogP contribution in [0.1, 0.15) is 27.6 Å². The molecule has 17 heavy (non-hydrogen) atoms. The number of rotatable bonds is 4. The van der Waals surface area contributed by atoms with Gasteiger partial charge in [0, 0.05) is 5.56 Å². The van der Waals surface area contributed by atoms with Gasteiger partial charge in [0.05, 0.1) is 12.2 Å². The lowest BCUT2D eigenvalue weighted by atomic mass is 10.0. The van der Waals surface area contributed by atoms with Gasteiger partial charge < -0.3 is 4.74 Å². The number of esters is 1. The van der Waals surface area contributed by atoms with E-state index in [4.69, 9.17) is 0 Å². The normalized spacial score (nSPS) is 11.1. The zero-order chi connectivity index (χ0) is 13.1. The van der Waals surface area contributed by atoms with Crippen molar-refractivity contribution in [2.45, 2.75) is 11.8 Å². The van der Waals surface area contributed by atoms with Gasteiger partial charge in [0.1, 0.15) is 0 Å². The highest BCUT2D eigenvalue weighted by Gasteiger charge is 2.37. The van der Waals surface area contributed by atoms with E-state index in [-0.39, 0.29) is 17.7 Å². The predicted molar refractivity (Wildman–Crippen MR) is 60.6 cm³/mol.